The van der Waals surface area contributed by atoms with Crippen LogP contribution in [0.2, 0.25) is 0 Å². The van der Waals surface area contributed by atoms with Crippen LogP contribution in [0.25, 0.3) is 94.3 Å². The molecule has 0 saturated carbocycles. The van der Waals surface area contributed by atoms with Gasteiger partial charge in [0.1, 0.15) is 0 Å². The van der Waals surface area contributed by atoms with Crippen LogP contribution < -0.4 is 31.1 Å². The van der Waals surface area contributed by atoms with Crippen molar-refractivity contribution in [2.45, 2.75) is 177 Å². The third kappa shape index (κ3) is 16.1. The first-order chi connectivity index (χ1) is 59.3. The van der Waals surface area contributed by atoms with E-state index in [2.05, 4.69) is 478 Å². The van der Waals surface area contributed by atoms with Crippen LogP contribution in [0.1, 0.15) is 175 Å². The Bertz CT molecular complexity index is 6430. The summed E-state index contributed by atoms with van der Waals surface area (Å²) in [7, 11) is 0. The van der Waals surface area contributed by atoms with Crippen molar-refractivity contribution < 1.29 is 0 Å². The Morgan fingerprint density at radius 1 is 0.266 bits per heavy atom. The maximum Gasteiger partial charge on any atom is 0.252 e. The smallest absolute Gasteiger partial charge is 0.252 e. The first kappa shape index (κ1) is 82.5. The van der Waals surface area contributed by atoms with Gasteiger partial charge in [0.05, 0.1) is 11.0 Å². The number of nitrogens with zero attached hydrogens (tertiary/aromatic N) is 4. The predicted molar refractivity (Wildman–Crippen MR) is 536 cm³/mol. The van der Waals surface area contributed by atoms with Gasteiger partial charge in [0.25, 0.3) is 6.71 Å². The number of hydrogen-bond acceptors (Lipinski definition) is 3. The van der Waals surface area contributed by atoms with Crippen LogP contribution in [0.15, 0.2) is 334 Å². The van der Waals surface area contributed by atoms with Crippen molar-refractivity contribution in [3.05, 3.63) is 384 Å². The van der Waals surface area contributed by atoms with Crippen LogP contribution in [-0.2, 0) is 51.9 Å². The SMILES string of the molecule is CC(C)(C)c1cc(-c2ccc3c(c2)N(CCc2c(-c4ccccc4)cc(C(C)(C)C)cc2-c2ccccc2)c2cc(CCN(c4ccccc4)c4ccc(-n5c6ccccc6c6ccccc65)cc4)cc4c2B3c2ccc(-c3cc(C(C)(C)C)cc(C(C)(C)C)c3)cc2N4Cc2c(-c3ccccc3)cc(C(C)(C)C)cc2-c2ccccc2)cc(C(C)(C)C)c1. The van der Waals surface area contributed by atoms with E-state index in [-0.39, 0.29) is 39.2 Å². The van der Waals surface area contributed by atoms with Crippen molar-refractivity contribution >= 4 is 79.0 Å². The largest absolute Gasteiger partial charge is 0.342 e. The highest BCUT2D eigenvalue weighted by Crippen LogP contribution is 2.49. The average Bonchev–Trinajstić information content (AvgIpc) is 0.810. The molecule has 0 atom stereocenters. The number of anilines is 6. The van der Waals surface area contributed by atoms with E-state index in [0.29, 0.717) is 19.6 Å². The second kappa shape index (κ2) is 32.0. The Morgan fingerprint density at radius 2 is 0.605 bits per heavy atom. The van der Waals surface area contributed by atoms with Gasteiger partial charge < -0.3 is 19.3 Å². The Balaban J connectivity index is 0.922. The molecular weight excluding hydrogens is 1500 g/mol. The quantitative estimate of drug-likeness (QED) is 0.0845. The Hall–Kier alpha value is -12.4. The molecule has 2 aliphatic rings. The summed E-state index contributed by atoms with van der Waals surface area (Å²) in [4.78, 5) is 8.18. The van der Waals surface area contributed by atoms with Gasteiger partial charge in [-0.2, -0.15) is 0 Å². The average molecular weight is 1620 g/mol. The zero-order chi connectivity index (χ0) is 86.5. The molecule has 18 rings (SSSR count). The molecule has 0 bridgehead atoms. The Kier molecular flexibility index (Phi) is 21.3. The number of para-hydroxylation sites is 3. The van der Waals surface area contributed by atoms with E-state index in [1.165, 1.54) is 178 Å². The van der Waals surface area contributed by atoms with Crippen LogP contribution in [0.3, 0.4) is 0 Å². The van der Waals surface area contributed by atoms with Gasteiger partial charge in [0, 0.05) is 70.2 Å². The van der Waals surface area contributed by atoms with Crippen molar-refractivity contribution in [1.29, 1.82) is 0 Å². The zero-order valence-electron chi connectivity index (χ0n) is 76.2. The van der Waals surface area contributed by atoms with Crippen molar-refractivity contribution in [3.63, 3.8) is 0 Å². The minimum absolute atomic E-state index is 0.0955. The molecule has 0 unspecified atom stereocenters. The van der Waals surface area contributed by atoms with E-state index in [1.807, 2.05) is 0 Å². The van der Waals surface area contributed by atoms with Crippen molar-refractivity contribution in [2.24, 2.45) is 0 Å². The highest BCUT2D eigenvalue weighted by molar-refractivity contribution is 7.00. The van der Waals surface area contributed by atoms with Crippen molar-refractivity contribution in [2.75, 3.05) is 27.8 Å². The van der Waals surface area contributed by atoms with E-state index < -0.39 is 0 Å². The van der Waals surface area contributed by atoms with Crippen LogP contribution in [0, 0.1) is 0 Å². The predicted octanol–water partition coefficient (Wildman–Crippen LogP) is 29.8. The lowest BCUT2D eigenvalue weighted by Crippen LogP contribution is -2.62. The molecule has 2 aliphatic heterocycles. The molecule has 0 N–H and O–H groups in total. The van der Waals surface area contributed by atoms with Gasteiger partial charge in [-0.05, 0) is 251 Å². The summed E-state index contributed by atoms with van der Waals surface area (Å²) in [6.07, 6.45) is 1.48. The highest BCUT2D eigenvalue weighted by Gasteiger charge is 2.44. The van der Waals surface area contributed by atoms with Gasteiger partial charge in [-0.3, -0.25) is 0 Å². The Labute approximate surface area is 739 Å². The lowest BCUT2D eigenvalue weighted by Gasteiger charge is -2.45. The summed E-state index contributed by atoms with van der Waals surface area (Å²) >= 11 is 0. The molecular formula is C119H119BN4. The van der Waals surface area contributed by atoms with Gasteiger partial charge in [0.2, 0.25) is 0 Å². The minimum Gasteiger partial charge on any atom is -0.342 e. The van der Waals surface area contributed by atoms with E-state index >= 15 is 0 Å². The number of benzene rings is 15. The van der Waals surface area contributed by atoms with E-state index in [0.717, 1.165) is 29.9 Å². The third-order valence-electron chi connectivity index (χ3n) is 26.5. The van der Waals surface area contributed by atoms with Gasteiger partial charge in [-0.25, -0.2) is 0 Å². The summed E-state index contributed by atoms with van der Waals surface area (Å²) in [5.41, 5.74) is 40.7. The molecule has 4 nitrogen and oxygen atoms in total. The number of aromatic nitrogens is 1. The molecule has 0 saturated heterocycles. The van der Waals surface area contributed by atoms with Gasteiger partial charge >= 0.3 is 0 Å². The highest BCUT2D eigenvalue weighted by atomic mass is 15.2. The number of rotatable bonds is 17. The maximum absolute atomic E-state index is 2.81. The summed E-state index contributed by atoms with van der Waals surface area (Å²) in [6, 6.07) is 129. The first-order valence-corrected chi connectivity index (χ1v) is 45.1. The Morgan fingerprint density at radius 3 is 1.00 bits per heavy atom. The second-order valence-corrected chi connectivity index (χ2v) is 41.3. The number of hydrogen-bond donors (Lipinski definition) is 0. The molecule has 15 aromatic carbocycles. The van der Waals surface area contributed by atoms with Gasteiger partial charge in [0.15, 0.2) is 0 Å². The maximum atomic E-state index is 2.81. The van der Waals surface area contributed by atoms with Crippen LogP contribution in [-0.4, -0.2) is 24.4 Å². The monoisotopic (exact) mass is 1610 g/mol. The lowest BCUT2D eigenvalue weighted by atomic mass is 9.33. The second-order valence-electron chi connectivity index (χ2n) is 41.3. The topological polar surface area (TPSA) is 14.7 Å². The molecule has 3 heterocycles. The van der Waals surface area contributed by atoms with Crippen molar-refractivity contribution in [1.82, 2.24) is 4.57 Å². The zero-order valence-corrected chi connectivity index (χ0v) is 76.2. The molecule has 124 heavy (non-hydrogen) atoms. The molecule has 5 heteroatoms. The standard InChI is InChI=1S/C119H119BN4/c1-114(2,3)88-66-86(67-89(72-88)115(4,5)6)84-52-58-105-109(70-84)122(63-61-97-100(80-38-24-19-25-39-80)74-92(118(13,14)15)75-101(97)81-40-26-20-27-41-81)111-64-79(60-62-121(94-46-32-23-33-47-94)95-54-56-96(57-55-95)124-107-50-36-34-48-98(107)99-49-35-37-51-108(99)124)65-112-113(111)120(105)106-59-53-85(87-68-90(116(7,8)9)73-91(69-87)117(10,11)12)71-110(106)123(112)78-104-102(82-42-28-21-29-43-82)76-93(119(16,17)18)77-103(104)83-44-30-22-31-45-83/h19-59,64-77H,60-63,78H2,1-18H3. The molecule has 0 amide bonds. The van der Waals surface area contributed by atoms with Gasteiger partial charge in [-0.15, -0.1) is 0 Å². The lowest BCUT2D eigenvalue weighted by molar-refractivity contribution is 0.568. The summed E-state index contributed by atoms with van der Waals surface area (Å²) in [5, 5.41) is 2.51. The molecule has 16 aromatic rings. The first-order valence-electron chi connectivity index (χ1n) is 45.1. The molecule has 0 fully saturated rings. The van der Waals surface area contributed by atoms with Crippen LogP contribution in [0.5, 0.6) is 0 Å². The van der Waals surface area contributed by atoms with E-state index in [9.17, 15) is 0 Å². The van der Waals surface area contributed by atoms with Crippen LogP contribution >= 0.6 is 0 Å². The summed E-state index contributed by atoms with van der Waals surface area (Å²) in [6.45, 7) is 44.5. The fourth-order valence-electron chi connectivity index (χ4n) is 19.2. The summed E-state index contributed by atoms with van der Waals surface area (Å²) in [5.74, 6) is 0. The minimum atomic E-state index is -0.165. The fourth-order valence-corrected chi connectivity index (χ4v) is 19.2. The summed E-state index contributed by atoms with van der Waals surface area (Å²) < 4.78 is 2.43. The fraction of sp³-hybridized carbons (Fsp3) is 0.244. The molecule has 0 radical (unpaired) electrons. The molecule has 0 spiro atoms. The van der Waals surface area contributed by atoms with Crippen molar-refractivity contribution in [3.8, 4) is 72.4 Å². The molecule has 618 valence electrons. The van der Waals surface area contributed by atoms with E-state index in [1.54, 1.807) is 0 Å². The van der Waals surface area contributed by atoms with E-state index in [4.69, 9.17) is 0 Å². The van der Waals surface area contributed by atoms with Crippen LogP contribution in [0.4, 0.5) is 34.1 Å². The molecule has 1 aromatic heterocycles. The third-order valence-corrected chi connectivity index (χ3v) is 26.5. The van der Waals surface area contributed by atoms with Gasteiger partial charge in [-0.1, -0.05) is 385 Å². The normalized spacial score (nSPS) is 13.0. The molecule has 0 aliphatic carbocycles. The number of fused-ring (bicyclic) bond motifs is 7.